The monoisotopic (exact) mass is 268 g/mol. The van der Waals surface area contributed by atoms with Gasteiger partial charge in [-0.2, -0.15) is 0 Å². The maximum absolute atomic E-state index is 5.43. The highest BCUT2D eigenvalue weighted by atomic mass is 32.2. The molecule has 0 bridgehead atoms. The fraction of sp³-hybridized carbons (Fsp3) is 0.462. The molecule has 0 aromatic heterocycles. The van der Waals surface area contributed by atoms with Crippen LogP contribution in [0.1, 0.15) is 30.6 Å². The lowest BCUT2D eigenvalue weighted by atomic mass is 10.2. The van der Waals surface area contributed by atoms with Crippen LogP contribution in [-0.4, -0.2) is 17.4 Å². The van der Waals surface area contributed by atoms with Gasteiger partial charge in [0.15, 0.2) is 0 Å². The number of thiocarbonyl (C=S) groups is 1. The predicted molar refractivity (Wildman–Crippen MR) is 81.3 cm³/mol. The molecule has 94 valence electrons. The van der Waals surface area contributed by atoms with Gasteiger partial charge in [0, 0.05) is 5.25 Å². The van der Waals surface area contributed by atoms with Gasteiger partial charge in [-0.3, -0.25) is 0 Å². The van der Waals surface area contributed by atoms with Gasteiger partial charge >= 0.3 is 0 Å². The van der Waals surface area contributed by atoms with E-state index in [1.54, 1.807) is 0 Å². The van der Waals surface area contributed by atoms with E-state index < -0.39 is 0 Å². The SMILES string of the molecule is C1CCNC1.CC(SC(N)=S)c1ccccc1. The summed E-state index contributed by atoms with van der Waals surface area (Å²) in [7, 11) is 0. The fourth-order valence-corrected chi connectivity index (χ4v) is 2.67. The first-order valence-corrected chi connectivity index (χ1v) is 7.20. The summed E-state index contributed by atoms with van der Waals surface area (Å²) in [4.78, 5) is 0. The Kier molecular flexibility index (Phi) is 7.24. The molecule has 1 aliphatic heterocycles. The number of benzene rings is 1. The van der Waals surface area contributed by atoms with E-state index in [4.69, 9.17) is 18.0 Å². The van der Waals surface area contributed by atoms with Crippen LogP contribution in [0.5, 0.6) is 0 Å². The average molecular weight is 268 g/mol. The summed E-state index contributed by atoms with van der Waals surface area (Å²) in [5.74, 6) is 0. The number of nitrogens with one attached hydrogen (secondary N) is 1. The number of thioether (sulfide) groups is 1. The largest absolute Gasteiger partial charge is 0.385 e. The molecule has 1 aromatic carbocycles. The Labute approximate surface area is 113 Å². The van der Waals surface area contributed by atoms with Crippen molar-refractivity contribution in [1.82, 2.24) is 5.32 Å². The Morgan fingerprint density at radius 2 is 1.88 bits per heavy atom. The maximum atomic E-state index is 5.43. The molecule has 0 aliphatic carbocycles. The molecular weight excluding hydrogens is 248 g/mol. The summed E-state index contributed by atoms with van der Waals surface area (Å²) < 4.78 is 0.506. The van der Waals surface area contributed by atoms with Gasteiger partial charge in [-0.05, 0) is 38.4 Å². The standard InChI is InChI=1S/C9H11NS2.C4H9N/c1-7(12-9(10)11)8-5-3-2-4-6-8;1-2-4-5-3-1/h2-7H,1H3,(H2,10,11);5H,1-4H2. The van der Waals surface area contributed by atoms with Crippen molar-refractivity contribution in [1.29, 1.82) is 0 Å². The quantitative estimate of drug-likeness (QED) is 0.808. The smallest absolute Gasteiger partial charge is 0.131 e. The van der Waals surface area contributed by atoms with Gasteiger partial charge in [0.05, 0.1) is 0 Å². The Balaban J connectivity index is 0.000000239. The van der Waals surface area contributed by atoms with Gasteiger partial charge in [-0.15, -0.1) is 0 Å². The van der Waals surface area contributed by atoms with Gasteiger partial charge in [0.1, 0.15) is 4.32 Å². The van der Waals surface area contributed by atoms with Crippen molar-refractivity contribution < 1.29 is 0 Å². The number of hydrogen-bond donors (Lipinski definition) is 2. The summed E-state index contributed by atoms with van der Waals surface area (Å²) in [5.41, 5.74) is 6.68. The Hall–Kier alpha value is -0.580. The fourth-order valence-electron chi connectivity index (χ4n) is 1.59. The molecule has 1 heterocycles. The normalized spacial score (nSPS) is 15.8. The minimum atomic E-state index is 0.351. The van der Waals surface area contributed by atoms with Crippen LogP contribution >= 0.6 is 24.0 Å². The van der Waals surface area contributed by atoms with Crippen LogP contribution in [0.2, 0.25) is 0 Å². The summed E-state index contributed by atoms with van der Waals surface area (Å²) in [5, 5.41) is 3.57. The second-order valence-electron chi connectivity index (χ2n) is 3.95. The molecule has 4 heteroatoms. The summed E-state index contributed by atoms with van der Waals surface area (Å²) >= 11 is 6.33. The van der Waals surface area contributed by atoms with E-state index >= 15 is 0 Å². The van der Waals surface area contributed by atoms with Gasteiger partial charge in [-0.25, -0.2) is 0 Å². The first-order chi connectivity index (χ1) is 8.20. The lowest BCUT2D eigenvalue weighted by Gasteiger charge is -2.08. The van der Waals surface area contributed by atoms with Crippen LogP contribution in [0.15, 0.2) is 30.3 Å². The third-order valence-electron chi connectivity index (χ3n) is 2.52. The van der Waals surface area contributed by atoms with Crippen LogP contribution in [0.4, 0.5) is 0 Å². The molecule has 3 N–H and O–H groups in total. The predicted octanol–water partition coefficient (Wildman–Crippen LogP) is 3.09. The van der Waals surface area contributed by atoms with Crippen molar-refractivity contribution in [3.05, 3.63) is 35.9 Å². The topological polar surface area (TPSA) is 38.0 Å². The molecule has 0 radical (unpaired) electrons. The number of nitrogens with two attached hydrogens (primary N) is 1. The molecule has 1 aliphatic rings. The third-order valence-corrected chi connectivity index (χ3v) is 3.67. The number of rotatable bonds is 2. The second kappa shape index (κ2) is 8.50. The Morgan fingerprint density at radius 1 is 1.29 bits per heavy atom. The summed E-state index contributed by atoms with van der Waals surface area (Å²) in [6, 6.07) is 10.2. The highest BCUT2D eigenvalue weighted by Gasteiger charge is 2.05. The van der Waals surface area contributed by atoms with E-state index in [1.165, 1.54) is 43.3 Å². The number of hydrogen-bond acceptors (Lipinski definition) is 3. The van der Waals surface area contributed by atoms with E-state index in [-0.39, 0.29) is 0 Å². The molecule has 1 unspecified atom stereocenters. The van der Waals surface area contributed by atoms with Crippen molar-refractivity contribution in [3.8, 4) is 0 Å². The minimum Gasteiger partial charge on any atom is -0.385 e. The molecule has 2 rings (SSSR count). The Morgan fingerprint density at radius 3 is 2.29 bits per heavy atom. The lowest BCUT2D eigenvalue weighted by molar-refractivity contribution is 0.857. The zero-order valence-electron chi connectivity index (χ0n) is 10.2. The highest BCUT2D eigenvalue weighted by molar-refractivity contribution is 8.23. The molecule has 17 heavy (non-hydrogen) atoms. The third kappa shape index (κ3) is 6.66. The van der Waals surface area contributed by atoms with Crippen LogP contribution in [-0.2, 0) is 0 Å². The molecule has 1 aromatic rings. The first-order valence-electron chi connectivity index (χ1n) is 5.92. The van der Waals surface area contributed by atoms with E-state index in [1.807, 2.05) is 18.2 Å². The zero-order chi connectivity index (χ0) is 12.5. The molecule has 1 saturated heterocycles. The molecule has 1 atom stereocenters. The maximum Gasteiger partial charge on any atom is 0.131 e. The molecule has 2 nitrogen and oxygen atoms in total. The lowest BCUT2D eigenvalue weighted by Crippen LogP contribution is -2.04. The van der Waals surface area contributed by atoms with Gasteiger partial charge < -0.3 is 11.1 Å². The van der Waals surface area contributed by atoms with Gasteiger partial charge in [0.2, 0.25) is 0 Å². The van der Waals surface area contributed by atoms with E-state index in [0.717, 1.165) is 0 Å². The van der Waals surface area contributed by atoms with Crippen molar-refractivity contribution in [2.45, 2.75) is 25.0 Å². The zero-order valence-corrected chi connectivity index (χ0v) is 11.8. The van der Waals surface area contributed by atoms with E-state index in [2.05, 4.69) is 24.4 Å². The highest BCUT2D eigenvalue weighted by Crippen LogP contribution is 2.27. The minimum absolute atomic E-state index is 0.351. The van der Waals surface area contributed by atoms with E-state index in [9.17, 15) is 0 Å². The van der Waals surface area contributed by atoms with Crippen molar-refractivity contribution in [3.63, 3.8) is 0 Å². The van der Waals surface area contributed by atoms with Crippen molar-refractivity contribution in [2.24, 2.45) is 5.73 Å². The first kappa shape index (κ1) is 14.5. The molecule has 0 saturated carbocycles. The molecular formula is C13H20N2S2. The van der Waals surface area contributed by atoms with Gasteiger partial charge in [-0.1, -0.05) is 54.3 Å². The average Bonchev–Trinajstić information content (AvgIpc) is 2.88. The van der Waals surface area contributed by atoms with Crippen LogP contribution < -0.4 is 11.1 Å². The van der Waals surface area contributed by atoms with Crippen LogP contribution in [0.3, 0.4) is 0 Å². The van der Waals surface area contributed by atoms with Crippen molar-refractivity contribution in [2.75, 3.05) is 13.1 Å². The summed E-state index contributed by atoms with van der Waals surface area (Å²) in [6.45, 7) is 4.60. The second-order valence-corrected chi connectivity index (χ2v) is 6.03. The van der Waals surface area contributed by atoms with E-state index in [0.29, 0.717) is 9.57 Å². The molecule has 0 amide bonds. The molecule has 1 fully saturated rings. The van der Waals surface area contributed by atoms with Crippen molar-refractivity contribution >= 4 is 28.3 Å². The van der Waals surface area contributed by atoms with Gasteiger partial charge in [0.25, 0.3) is 0 Å². The Bertz CT molecular complexity index is 316. The molecule has 0 spiro atoms. The summed E-state index contributed by atoms with van der Waals surface area (Å²) in [6.07, 6.45) is 2.78. The van der Waals surface area contributed by atoms with Crippen LogP contribution in [0, 0.1) is 0 Å². The van der Waals surface area contributed by atoms with Crippen LogP contribution in [0.25, 0.3) is 0 Å².